The number of anilines is 1. The monoisotopic (exact) mass is 411 g/mol. The van der Waals surface area contributed by atoms with Crippen LogP contribution < -0.4 is 10.1 Å². The van der Waals surface area contributed by atoms with Gasteiger partial charge in [0.2, 0.25) is 5.91 Å². The number of ether oxygens (including phenoxy) is 1. The third kappa shape index (κ3) is 4.24. The summed E-state index contributed by atoms with van der Waals surface area (Å²) >= 11 is 0. The Balaban J connectivity index is 1.71. The number of furan rings is 1. The van der Waals surface area contributed by atoms with Crippen LogP contribution in [0.15, 0.2) is 83.5 Å². The van der Waals surface area contributed by atoms with Crippen molar-refractivity contribution in [1.29, 1.82) is 0 Å². The minimum atomic E-state index is -0.170. The molecule has 0 unspecified atom stereocenters. The molecule has 4 rings (SSSR count). The zero-order valence-electron chi connectivity index (χ0n) is 17.9. The molecule has 4 nitrogen and oxygen atoms in total. The average Bonchev–Trinajstić information content (AvgIpc) is 3.22. The normalized spacial score (nSPS) is 11.5. The van der Waals surface area contributed by atoms with E-state index in [4.69, 9.17) is 9.15 Å². The fraction of sp³-hybridized carbons (Fsp3) is 0.148. The van der Waals surface area contributed by atoms with E-state index in [0.717, 1.165) is 50.9 Å². The van der Waals surface area contributed by atoms with Crippen molar-refractivity contribution in [3.8, 4) is 16.9 Å². The molecule has 1 N–H and O–H groups in total. The molecule has 0 radical (unpaired) electrons. The van der Waals surface area contributed by atoms with Gasteiger partial charge in [-0.3, -0.25) is 4.79 Å². The number of allylic oxidation sites excluding steroid dienone is 1. The number of hydrogen-bond donors (Lipinski definition) is 1. The molecule has 0 atom stereocenters. The number of rotatable bonds is 6. The van der Waals surface area contributed by atoms with Crippen LogP contribution in [-0.4, -0.2) is 13.0 Å². The molecule has 31 heavy (non-hydrogen) atoms. The van der Waals surface area contributed by atoms with Crippen LogP contribution in [0, 0.1) is 0 Å². The van der Waals surface area contributed by atoms with Gasteiger partial charge >= 0.3 is 0 Å². The Kier molecular flexibility index (Phi) is 5.89. The summed E-state index contributed by atoms with van der Waals surface area (Å²) in [5.74, 6) is 0.494. The lowest BCUT2D eigenvalue weighted by atomic mass is 9.99. The number of amides is 1. The quantitative estimate of drug-likeness (QED) is 0.359. The molecule has 0 saturated carbocycles. The van der Waals surface area contributed by atoms with Gasteiger partial charge in [-0.25, -0.2) is 0 Å². The maximum atomic E-state index is 12.7. The Morgan fingerprint density at radius 2 is 1.81 bits per heavy atom. The number of para-hydroxylation sites is 1. The van der Waals surface area contributed by atoms with Crippen LogP contribution in [0.2, 0.25) is 0 Å². The molecule has 1 amide bonds. The van der Waals surface area contributed by atoms with Crippen molar-refractivity contribution in [2.45, 2.75) is 20.3 Å². The molecular formula is C27H25NO3. The summed E-state index contributed by atoms with van der Waals surface area (Å²) in [6.07, 6.45) is 4.22. The second-order valence-electron chi connectivity index (χ2n) is 7.39. The number of carbonyl (C=O) groups excluding carboxylic acids is 1. The van der Waals surface area contributed by atoms with Crippen molar-refractivity contribution in [2.24, 2.45) is 0 Å². The molecule has 0 aliphatic heterocycles. The topological polar surface area (TPSA) is 51.5 Å². The van der Waals surface area contributed by atoms with E-state index >= 15 is 0 Å². The maximum absolute atomic E-state index is 12.7. The Hall–Kier alpha value is -3.79. The molecule has 1 aromatic heterocycles. The summed E-state index contributed by atoms with van der Waals surface area (Å²) < 4.78 is 11.4. The molecule has 4 heteroatoms. The zero-order valence-corrected chi connectivity index (χ0v) is 17.9. The summed E-state index contributed by atoms with van der Waals surface area (Å²) in [5.41, 5.74) is 6.43. The number of hydrogen-bond acceptors (Lipinski definition) is 3. The van der Waals surface area contributed by atoms with Crippen LogP contribution in [0.5, 0.6) is 5.75 Å². The summed E-state index contributed by atoms with van der Waals surface area (Å²) in [5, 5.41) is 3.97. The molecule has 3 aromatic carbocycles. The molecule has 0 spiro atoms. The number of aryl methyl sites for hydroxylation is 1. The summed E-state index contributed by atoms with van der Waals surface area (Å²) in [7, 11) is 1.62. The van der Waals surface area contributed by atoms with Gasteiger partial charge in [0.1, 0.15) is 11.3 Å². The average molecular weight is 412 g/mol. The van der Waals surface area contributed by atoms with Gasteiger partial charge in [0.25, 0.3) is 0 Å². The molecule has 156 valence electrons. The number of methoxy groups -OCH3 is 1. The summed E-state index contributed by atoms with van der Waals surface area (Å²) in [6, 6.07) is 21.8. The van der Waals surface area contributed by atoms with E-state index in [-0.39, 0.29) is 5.91 Å². The number of fused-ring (bicyclic) bond motifs is 1. The predicted molar refractivity (Wildman–Crippen MR) is 126 cm³/mol. The van der Waals surface area contributed by atoms with Crippen molar-refractivity contribution in [1.82, 2.24) is 0 Å². The molecule has 0 fully saturated rings. The van der Waals surface area contributed by atoms with E-state index in [1.54, 1.807) is 19.4 Å². The standard InChI is InChI=1S/C27H25NO3/c1-4-19-10-8-9-13-24(19)28-27(29)14-18(2)21-15-22-23(20-11-6-5-7-12-20)17-31-26(22)16-25(21)30-3/h5-17H,4H2,1-3H3,(H,28,29)/b18-14+. The van der Waals surface area contributed by atoms with Crippen molar-refractivity contribution < 1.29 is 13.9 Å². The third-order valence-corrected chi connectivity index (χ3v) is 5.41. The van der Waals surface area contributed by atoms with Gasteiger partial charge < -0.3 is 14.5 Å². The SMILES string of the molecule is CCc1ccccc1NC(=O)/C=C(\C)c1cc2c(-c3ccccc3)coc2cc1OC. The second-order valence-corrected chi connectivity index (χ2v) is 7.39. The lowest BCUT2D eigenvalue weighted by Gasteiger charge is -2.11. The number of benzene rings is 3. The highest BCUT2D eigenvalue weighted by Gasteiger charge is 2.15. The third-order valence-electron chi connectivity index (χ3n) is 5.41. The van der Waals surface area contributed by atoms with Crippen molar-refractivity contribution in [2.75, 3.05) is 12.4 Å². The van der Waals surface area contributed by atoms with Crippen LogP contribution >= 0.6 is 0 Å². The molecule has 4 aromatic rings. The lowest BCUT2D eigenvalue weighted by Crippen LogP contribution is -2.10. The Labute approximate surface area is 182 Å². The first-order valence-corrected chi connectivity index (χ1v) is 10.3. The number of nitrogens with one attached hydrogen (secondary N) is 1. The largest absolute Gasteiger partial charge is 0.496 e. The minimum absolute atomic E-state index is 0.170. The molecule has 1 heterocycles. The molecule has 0 aliphatic carbocycles. The first kappa shape index (κ1) is 20.5. The zero-order chi connectivity index (χ0) is 21.8. The van der Waals surface area contributed by atoms with Gasteiger partial charge in [-0.15, -0.1) is 0 Å². The van der Waals surface area contributed by atoms with E-state index in [0.29, 0.717) is 5.75 Å². The highest BCUT2D eigenvalue weighted by atomic mass is 16.5. The first-order valence-electron chi connectivity index (χ1n) is 10.3. The fourth-order valence-electron chi connectivity index (χ4n) is 3.77. The smallest absolute Gasteiger partial charge is 0.248 e. The lowest BCUT2D eigenvalue weighted by molar-refractivity contribution is -0.111. The van der Waals surface area contributed by atoms with Gasteiger partial charge in [0.05, 0.1) is 13.4 Å². The van der Waals surface area contributed by atoms with E-state index in [9.17, 15) is 4.79 Å². The van der Waals surface area contributed by atoms with Gasteiger partial charge in [-0.2, -0.15) is 0 Å². The molecule has 0 aliphatic rings. The van der Waals surface area contributed by atoms with Crippen LogP contribution in [-0.2, 0) is 11.2 Å². The summed E-state index contributed by atoms with van der Waals surface area (Å²) in [4.78, 5) is 12.7. The predicted octanol–water partition coefficient (Wildman–Crippen LogP) is 6.71. The Morgan fingerprint density at radius 3 is 2.55 bits per heavy atom. The fourth-order valence-corrected chi connectivity index (χ4v) is 3.77. The van der Waals surface area contributed by atoms with Gasteiger partial charge in [0.15, 0.2) is 0 Å². The Morgan fingerprint density at radius 1 is 1.06 bits per heavy atom. The van der Waals surface area contributed by atoms with Crippen molar-refractivity contribution >= 4 is 28.1 Å². The van der Waals surface area contributed by atoms with E-state index in [1.807, 2.05) is 61.5 Å². The highest BCUT2D eigenvalue weighted by Crippen LogP contribution is 2.37. The van der Waals surface area contributed by atoms with Gasteiger partial charge in [-0.05, 0) is 42.2 Å². The van der Waals surface area contributed by atoms with Crippen molar-refractivity contribution in [3.63, 3.8) is 0 Å². The van der Waals surface area contributed by atoms with E-state index < -0.39 is 0 Å². The Bertz CT molecular complexity index is 1250. The van der Waals surface area contributed by atoms with E-state index in [2.05, 4.69) is 24.4 Å². The maximum Gasteiger partial charge on any atom is 0.248 e. The molecular weight excluding hydrogens is 386 g/mol. The summed E-state index contributed by atoms with van der Waals surface area (Å²) in [6.45, 7) is 3.98. The van der Waals surface area contributed by atoms with Crippen LogP contribution in [0.4, 0.5) is 5.69 Å². The number of carbonyl (C=O) groups is 1. The molecule has 0 bridgehead atoms. The van der Waals surface area contributed by atoms with Crippen LogP contribution in [0.1, 0.15) is 25.0 Å². The van der Waals surface area contributed by atoms with E-state index in [1.165, 1.54) is 0 Å². The van der Waals surface area contributed by atoms with Gasteiger partial charge in [-0.1, -0.05) is 55.5 Å². The molecule has 0 saturated heterocycles. The van der Waals surface area contributed by atoms with Crippen LogP contribution in [0.25, 0.3) is 27.7 Å². The first-order chi connectivity index (χ1) is 15.1. The highest BCUT2D eigenvalue weighted by molar-refractivity contribution is 6.05. The van der Waals surface area contributed by atoms with Crippen molar-refractivity contribution in [3.05, 3.63) is 90.2 Å². The minimum Gasteiger partial charge on any atom is -0.496 e. The second kappa shape index (κ2) is 8.92. The van der Waals surface area contributed by atoms with Crippen LogP contribution in [0.3, 0.4) is 0 Å². The van der Waals surface area contributed by atoms with Gasteiger partial charge in [0, 0.05) is 34.3 Å².